The highest BCUT2D eigenvalue weighted by Gasteiger charge is 2.28. The minimum absolute atomic E-state index is 0.129. The van der Waals surface area contributed by atoms with Crippen LogP contribution in [0.4, 0.5) is 0 Å². The second kappa shape index (κ2) is 13.3. The van der Waals surface area contributed by atoms with E-state index in [9.17, 15) is 9.90 Å². The summed E-state index contributed by atoms with van der Waals surface area (Å²) in [7, 11) is 0. The van der Waals surface area contributed by atoms with Crippen molar-refractivity contribution in [3.05, 3.63) is 28.8 Å². The summed E-state index contributed by atoms with van der Waals surface area (Å²) >= 11 is 0. The Morgan fingerprint density at radius 1 is 0.844 bits per heavy atom. The fraction of sp³-hybridized carbons (Fsp3) is 0.759. The first-order valence-electron chi connectivity index (χ1n) is 12.9. The number of carbonyl (C=O) groups excluding carboxylic acids is 1. The summed E-state index contributed by atoms with van der Waals surface area (Å²) in [6.07, 6.45) is 11.4. The van der Waals surface area contributed by atoms with Crippen molar-refractivity contribution in [1.29, 1.82) is 0 Å². The van der Waals surface area contributed by atoms with E-state index in [0.717, 1.165) is 24.0 Å². The molecule has 0 spiro atoms. The molecule has 0 aliphatic rings. The van der Waals surface area contributed by atoms with Crippen LogP contribution >= 0.6 is 0 Å². The highest BCUT2D eigenvalue weighted by molar-refractivity contribution is 5.68. The van der Waals surface area contributed by atoms with Gasteiger partial charge in [-0.25, -0.2) is 0 Å². The van der Waals surface area contributed by atoms with Gasteiger partial charge in [0, 0.05) is 6.42 Å². The lowest BCUT2D eigenvalue weighted by Crippen LogP contribution is -2.19. The van der Waals surface area contributed by atoms with Gasteiger partial charge >= 0.3 is 5.97 Å². The first-order chi connectivity index (χ1) is 14.9. The van der Waals surface area contributed by atoms with Crippen LogP contribution in [0.3, 0.4) is 0 Å². The molecule has 1 aromatic carbocycles. The van der Waals surface area contributed by atoms with Crippen LogP contribution in [0.5, 0.6) is 5.75 Å². The number of rotatable bonds is 13. The number of hydrogen-bond donors (Lipinski definition) is 1. The molecular formula is C29H50O3. The van der Waals surface area contributed by atoms with Crippen molar-refractivity contribution in [2.45, 2.75) is 136 Å². The van der Waals surface area contributed by atoms with Gasteiger partial charge in [0.05, 0.1) is 6.61 Å². The molecule has 0 amide bonds. The van der Waals surface area contributed by atoms with Gasteiger partial charge in [0.1, 0.15) is 5.75 Å². The molecule has 1 atom stereocenters. The molecule has 0 aliphatic carbocycles. The van der Waals surface area contributed by atoms with Crippen LogP contribution in [0.2, 0.25) is 0 Å². The minimum atomic E-state index is -0.140. The Balaban J connectivity index is 3.10. The molecule has 32 heavy (non-hydrogen) atoms. The molecule has 0 saturated heterocycles. The fourth-order valence-electron chi connectivity index (χ4n) is 4.28. The molecule has 0 saturated carbocycles. The van der Waals surface area contributed by atoms with E-state index >= 15 is 0 Å². The molecule has 1 rings (SSSR count). The number of phenols is 1. The van der Waals surface area contributed by atoms with Gasteiger partial charge in [0.25, 0.3) is 0 Å². The zero-order chi connectivity index (χ0) is 24.4. The molecule has 3 nitrogen and oxygen atoms in total. The van der Waals surface area contributed by atoms with E-state index in [2.05, 4.69) is 60.6 Å². The van der Waals surface area contributed by atoms with Crippen LogP contribution in [0, 0.1) is 0 Å². The Kier molecular flexibility index (Phi) is 11.8. The predicted molar refractivity (Wildman–Crippen MR) is 137 cm³/mol. The second-order valence-electron chi connectivity index (χ2n) is 11.4. The fourth-order valence-corrected chi connectivity index (χ4v) is 4.28. The molecule has 1 aromatic rings. The third kappa shape index (κ3) is 9.55. The first-order valence-corrected chi connectivity index (χ1v) is 12.9. The number of aromatic hydroxyl groups is 1. The Hall–Kier alpha value is -1.51. The smallest absolute Gasteiger partial charge is 0.305 e. The van der Waals surface area contributed by atoms with Crippen molar-refractivity contribution >= 4 is 5.97 Å². The molecule has 0 bridgehead atoms. The van der Waals surface area contributed by atoms with Gasteiger partial charge in [-0.15, -0.1) is 0 Å². The lowest BCUT2D eigenvalue weighted by atomic mass is 9.76. The van der Waals surface area contributed by atoms with Gasteiger partial charge in [-0.3, -0.25) is 4.79 Å². The van der Waals surface area contributed by atoms with Gasteiger partial charge in [0.15, 0.2) is 0 Å². The lowest BCUT2D eigenvalue weighted by Gasteiger charge is -2.30. The summed E-state index contributed by atoms with van der Waals surface area (Å²) < 4.78 is 5.45. The van der Waals surface area contributed by atoms with E-state index in [-0.39, 0.29) is 16.8 Å². The summed E-state index contributed by atoms with van der Waals surface area (Å²) in [4.78, 5) is 11.7. The molecule has 184 valence electrons. The zero-order valence-corrected chi connectivity index (χ0v) is 22.3. The minimum Gasteiger partial charge on any atom is -0.507 e. The van der Waals surface area contributed by atoms with E-state index in [1.807, 2.05) is 6.92 Å². The molecule has 0 heterocycles. The average molecular weight is 447 g/mol. The maximum absolute atomic E-state index is 11.7. The molecule has 1 N–H and O–H groups in total. The maximum atomic E-state index is 11.7. The molecule has 1 unspecified atom stereocenters. The van der Waals surface area contributed by atoms with Crippen LogP contribution < -0.4 is 0 Å². The number of phenolic OH excluding ortho intramolecular Hbond substituents is 1. The number of carbonyl (C=O) groups is 1. The zero-order valence-electron chi connectivity index (χ0n) is 22.3. The second-order valence-corrected chi connectivity index (χ2v) is 11.4. The maximum Gasteiger partial charge on any atom is 0.305 e. The molecule has 0 aromatic heterocycles. The van der Waals surface area contributed by atoms with Crippen molar-refractivity contribution in [1.82, 2.24) is 0 Å². The summed E-state index contributed by atoms with van der Waals surface area (Å²) in [5, 5.41) is 11.1. The van der Waals surface area contributed by atoms with Gasteiger partial charge < -0.3 is 9.84 Å². The van der Waals surface area contributed by atoms with Gasteiger partial charge in [-0.05, 0) is 46.3 Å². The Bertz CT molecular complexity index is 656. The SMILES string of the molecule is CCCCCCCCCC(CCOC(=O)CC)c1cc(C(C)(C)C)c(O)c(C(C)(C)C)c1. The molecule has 0 radical (unpaired) electrons. The van der Waals surface area contributed by atoms with E-state index in [4.69, 9.17) is 4.74 Å². The van der Waals surface area contributed by atoms with E-state index in [1.165, 1.54) is 50.5 Å². The molecule has 0 fully saturated rings. The monoisotopic (exact) mass is 446 g/mol. The largest absolute Gasteiger partial charge is 0.507 e. The van der Waals surface area contributed by atoms with Crippen LogP contribution in [0.25, 0.3) is 0 Å². The predicted octanol–water partition coefficient (Wildman–Crippen LogP) is 8.55. The van der Waals surface area contributed by atoms with Crippen molar-refractivity contribution in [2.75, 3.05) is 6.61 Å². The third-order valence-electron chi connectivity index (χ3n) is 6.39. The van der Waals surface area contributed by atoms with Crippen molar-refractivity contribution in [3.8, 4) is 5.75 Å². The van der Waals surface area contributed by atoms with Crippen molar-refractivity contribution in [3.63, 3.8) is 0 Å². The Labute approximate surface area is 198 Å². The highest BCUT2D eigenvalue weighted by atomic mass is 16.5. The Morgan fingerprint density at radius 2 is 1.34 bits per heavy atom. The molecular weight excluding hydrogens is 396 g/mol. The van der Waals surface area contributed by atoms with Crippen molar-refractivity contribution < 1.29 is 14.6 Å². The number of unbranched alkanes of at least 4 members (excludes halogenated alkanes) is 6. The van der Waals surface area contributed by atoms with E-state index < -0.39 is 0 Å². The van der Waals surface area contributed by atoms with Crippen LogP contribution in [0.15, 0.2) is 12.1 Å². The van der Waals surface area contributed by atoms with Crippen LogP contribution in [-0.4, -0.2) is 17.7 Å². The third-order valence-corrected chi connectivity index (χ3v) is 6.39. The number of esters is 1. The molecule has 0 aliphatic heterocycles. The standard InChI is InChI=1S/C29H50O3/c1-9-11-12-13-14-15-16-17-22(18-19-32-26(30)10-2)23-20-24(28(3,4)5)27(31)25(21-23)29(6,7)8/h20-22,31H,9-19H2,1-8H3. The van der Waals surface area contributed by atoms with E-state index in [1.54, 1.807) is 0 Å². The summed E-state index contributed by atoms with van der Waals surface area (Å²) in [5.41, 5.74) is 3.01. The number of hydrogen-bond acceptors (Lipinski definition) is 3. The first kappa shape index (κ1) is 28.5. The topological polar surface area (TPSA) is 46.5 Å². The van der Waals surface area contributed by atoms with Gasteiger partial charge in [-0.2, -0.15) is 0 Å². The summed E-state index contributed by atoms with van der Waals surface area (Å²) in [6, 6.07) is 4.41. The highest BCUT2D eigenvalue weighted by Crippen LogP contribution is 2.42. The van der Waals surface area contributed by atoms with Crippen LogP contribution in [-0.2, 0) is 20.4 Å². The molecule has 3 heteroatoms. The van der Waals surface area contributed by atoms with Crippen LogP contribution in [0.1, 0.15) is 142 Å². The average Bonchev–Trinajstić information content (AvgIpc) is 2.70. The normalized spacial score (nSPS) is 13.2. The summed E-state index contributed by atoms with van der Waals surface area (Å²) in [5.74, 6) is 0.634. The van der Waals surface area contributed by atoms with E-state index in [0.29, 0.717) is 24.7 Å². The number of benzene rings is 1. The lowest BCUT2D eigenvalue weighted by molar-refractivity contribution is -0.143. The quantitative estimate of drug-likeness (QED) is 0.244. The number of ether oxygens (including phenoxy) is 1. The Morgan fingerprint density at radius 3 is 1.81 bits per heavy atom. The van der Waals surface area contributed by atoms with Crippen molar-refractivity contribution in [2.24, 2.45) is 0 Å². The van der Waals surface area contributed by atoms with Gasteiger partial charge in [0.2, 0.25) is 0 Å². The summed E-state index contributed by atoms with van der Waals surface area (Å²) in [6.45, 7) is 17.5. The van der Waals surface area contributed by atoms with Gasteiger partial charge in [-0.1, -0.05) is 112 Å².